The minimum atomic E-state index is -3.91. The normalized spacial score (nSPS) is 12.9. The monoisotopic (exact) mass is 412 g/mol. The van der Waals surface area contributed by atoms with Crippen molar-refractivity contribution in [2.45, 2.75) is 31.5 Å². The number of nitrogens with zero attached hydrogens (tertiary/aromatic N) is 3. The number of primary sulfonamides is 1. The van der Waals surface area contributed by atoms with Gasteiger partial charge in [0.2, 0.25) is 0 Å². The zero-order valence-electron chi connectivity index (χ0n) is 10.6. The molecule has 0 saturated carbocycles. The van der Waals surface area contributed by atoms with Gasteiger partial charge in [0.05, 0.1) is 2.88 Å². The molecule has 0 unspecified atom stereocenters. The maximum absolute atomic E-state index is 11.6. The summed E-state index contributed by atoms with van der Waals surface area (Å²) in [4.78, 5) is 0. The summed E-state index contributed by atoms with van der Waals surface area (Å²) in [6.45, 7) is 5.64. The summed E-state index contributed by atoms with van der Waals surface area (Å²) in [5, 5.41) is 14.6. The molecule has 104 valence electrons. The second-order valence-electron chi connectivity index (χ2n) is 5.00. The van der Waals surface area contributed by atoms with Crippen molar-refractivity contribution >= 4 is 44.0 Å². The van der Waals surface area contributed by atoms with Crippen LogP contribution in [0.3, 0.4) is 0 Å². The van der Waals surface area contributed by atoms with Crippen LogP contribution in [-0.2, 0) is 15.6 Å². The number of sulfonamides is 1. The first-order valence-corrected chi connectivity index (χ1v) is 8.84. The number of thiophene rings is 1. The number of nitrogens with two attached hydrogens (primary N) is 1. The molecule has 0 amide bonds. The fourth-order valence-corrected chi connectivity index (χ4v) is 3.77. The third kappa shape index (κ3) is 2.98. The van der Waals surface area contributed by atoms with Gasteiger partial charge in [-0.25, -0.2) is 13.6 Å². The van der Waals surface area contributed by atoms with Crippen molar-refractivity contribution in [3.8, 4) is 11.4 Å². The number of hydrogen-bond donors (Lipinski definition) is 1. The first-order chi connectivity index (χ1) is 8.60. The molecule has 0 aromatic carbocycles. The molecular weight excluding hydrogens is 399 g/mol. The number of aromatic nitrogens is 3. The Kier molecular flexibility index (Phi) is 3.75. The lowest BCUT2D eigenvalue weighted by atomic mass is 10.1. The molecule has 0 fully saturated rings. The predicted molar refractivity (Wildman–Crippen MR) is 82.4 cm³/mol. The van der Waals surface area contributed by atoms with E-state index < -0.39 is 15.6 Å². The van der Waals surface area contributed by atoms with Crippen molar-refractivity contribution in [1.82, 2.24) is 14.8 Å². The summed E-state index contributed by atoms with van der Waals surface area (Å²) < 4.78 is 25.9. The van der Waals surface area contributed by atoms with Gasteiger partial charge in [0.1, 0.15) is 0 Å². The first-order valence-electron chi connectivity index (χ1n) is 5.34. The van der Waals surface area contributed by atoms with E-state index in [2.05, 4.69) is 32.8 Å². The Morgan fingerprint density at radius 1 is 1.37 bits per heavy atom. The van der Waals surface area contributed by atoms with Crippen LogP contribution in [0.2, 0.25) is 0 Å². The van der Waals surface area contributed by atoms with Crippen LogP contribution in [-0.4, -0.2) is 23.2 Å². The van der Waals surface area contributed by atoms with Gasteiger partial charge in [-0.2, -0.15) is 0 Å². The van der Waals surface area contributed by atoms with Crippen molar-refractivity contribution in [3.63, 3.8) is 0 Å². The smallest absolute Gasteiger partial charge is 0.273 e. The average molecular weight is 412 g/mol. The molecule has 2 aromatic rings. The molecule has 2 rings (SSSR count). The Labute approximate surface area is 129 Å². The Hall–Kier alpha value is -0.520. The van der Waals surface area contributed by atoms with Gasteiger partial charge in [0, 0.05) is 16.5 Å². The Bertz CT molecular complexity index is 712. The zero-order valence-corrected chi connectivity index (χ0v) is 14.4. The maximum Gasteiger partial charge on any atom is 0.273 e. The molecule has 0 bridgehead atoms. The number of hydrogen-bond acceptors (Lipinski definition) is 5. The molecule has 0 radical (unpaired) electrons. The number of rotatable bonds is 2. The van der Waals surface area contributed by atoms with Gasteiger partial charge in [-0.15, -0.1) is 21.5 Å². The van der Waals surface area contributed by atoms with E-state index in [1.165, 1.54) is 0 Å². The van der Waals surface area contributed by atoms with Gasteiger partial charge >= 0.3 is 0 Å². The molecule has 6 nitrogen and oxygen atoms in total. The standard InChI is InChI=1S/C10H13IN4O2S2/c1-10(2,3)15-8(6-4-7(11)18-5-6)13-14-9(15)19(12,16)17/h4-5H,1-3H3,(H2,12,16,17). The van der Waals surface area contributed by atoms with Crippen LogP contribution in [0.4, 0.5) is 0 Å². The van der Waals surface area contributed by atoms with Crippen LogP contribution < -0.4 is 5.14 Å². The Balaban J connectivity index is 2.74. The van der Waals surface area contributed by atoms with E-state index in [1.807, 2.05) is 32.2 Å². The molecule has 9 heteroatoms. The van der Waals surface area contributed by atoms with E-state index in [9.17, 15) is 8.42 Å². The molecule has 0 atom stereocenters. The fraction of sp³-hybridized carbons (Fsp3) is 0.400. The van der Waals surface area contributed by atoms with Gasteiger partial charge < -0.3 is 0 Å². The van der Waals surface area contributed by atoms with Crippen LogP contribution in [0.1, 0.15) is 20.8 Å². The van der Waals surface area contributed by atoms with E-state index in [4.69, 9.17) is 5.14 Å². The van der Waals surface area contributed by atoms with Gasteiger partial charge in [0.25, 0.3) is 15.2 Å². The van der Waals surface area contributed by atoms with E-state index >= 15 is 0 Å². The van der Waals surface area contributed by atoms with Gasteiger partial charge in [-0.1, -0.05) is 0 Å². The SMILES string of the molecule is CC(C)(C)n1c(-c2csc(I)c2)nnc1S(N)(=O)=O. The summed E-state index contributed by atoms with van der Waals surface area (Å²) >= 11 is 3.76. The van der Waals surface area contributed by atoms with Gasteiger partial charge in [-0.3, -0.25) is 4.57 Å². The van der Waals surface area contributed by atoms with Crippen molar-refractivity contribution < 1.29 is 8.42 Å². The van der Waals surface area contributed by atoms with Crippen LogP contribution in [0.15, 0.2) is 16.6 Å². The zero-order chi connectivity index (χ0) is 14.4. The molecule has 0 saturated heterocycles. The molecule has 2 heterocycles. The van der Waals surface area contributed by atoms with Gasteiger partial charge in [-0.05, 0) is 49.4 Å². The summed E-state index contributed by atoms with van der Waals surface area (Å²) in [7, 11) is -3.91. The molecule has 19 heavy (non-hydrogen) atoms. The van der Waals surface area contributed by atoms with Crippen LogP contribution in [0, 0.1) is 2.88 Å². The third-order valence-electron chi connectivity index (χ3n) is 2.38. The lowest BCUT2D eigenvalue weighted by molar-refractivity contribution is 0.366. The second-order valence-corrected chi connectivity index (χ2v) is 9.26. The molecule has 0 aliphatic rings. The Morgan fingerprint density at radius 2 is 2.00 bits per heavy atom. The largest absolute Gasteiger partial charge is 0.291 e. The third-order valence-corrected chi connectivity index (χ3v) is 4.95. The van der Waals surface area contributed by atoms with E-state index in [0.29, 0.717) is 5.82 Å². The lowest BCUT2D eigenvalue weighted by Crippen LogP contribution is -2.29. The maximum atomic E-state index is 11.6. The lowest BCUT2D eigenvalue weighted by Gasteiger charge is -2.23. The van der Waals surface area contributed by atoms with E-state index in [0.717, 1.165) is 8.45 Å². The summed E-state index contributed by atoms with van der Waals surface area (Å²) in [5.74, 6) is 0.510. The summed E-state index contributed by atoms with van der Waals surface area (Å²) in [6, 6.07) is 1.93. The van der Waals surface area contributed by atoms with Crippen molar-refractivity contribution in [1.29, 1.82) is 0 Å². The molecule has 2 N–H and O–H groups in total. The minimum absolute atomic E-state index is 0.212. The molecular formula is C10H13IN4O2S2. The summed E-state index contributed by atoms with van der Waals surface area (Å²) in [5.41, 5.74) is 0.347. The van der Waals surface area contributed by atoms with Crippen molar-refractivity contribution in [2.75, 3.05) is 0 Å². The quantitative estimate of drug-likeness (QED) is 0.765. The average Bonchev–Trinajstić information content (AvgIpc) is 2.79. The minimum Gasteiger partial charge on any atom is -0.291 e. The molecule has 2 aromatic heterocycles. The second kappa shape index (κ2) is 4.79. The molecule has 0 aliphatic heterocycles. The molecule has 0 aliphatic carbocycles. The van der Waals surface area contributed by atoms with E-state index in [1.54, 1.807) is 15.9 Å². The highest BCUT2D eigenvalue weighted by Gasteiger charge is 2.29. The Morgan fingerprint density at radius 3 is 2.42 bits per heavy atom. The van der Waals surface area contributed by atoms with E-state index in [-0.39, 0.29) is 5.16 Å². The highest BCUT2D eigenvalue weighted by atomic mass is 127. The van der Waals surface area contributed by atoms with Crippen molar-refractivity contribution in [2.24, 2.45) is 5.14 Å². The first kappa shape index (κ1) is 14.9. The molecule has 0 spiro atoms. The van der Waals surface area contributed by atoms with Crippen LogP contribution >= 0.6 is 33.9 Å². The van der Waals surface area contributed by atoms with Crippen molar-refractivity contribution in [3.05, 3.63) is 14.3 Å². The van der Waals surface area contributed by atoms with Crippen LogP contribution in [0.5, 0.6) is 0 Å². The van der Waals surface area contributed by atoms with Crippen LogP contribution in [0.25, 0.3) is 11.4 Å². The number of halogens is 1. The predicted octanol–water partition coefficient (Wildman–Crippen LogP) is 2.01. The summed E-state index contributed by atoms with van der Waals surface area (Å²) in [6.07, 6.45) is 0. The highest BCUT2D eigenvalue weighted by molar-refractivity contribution is 14.1. The fourth-order valence-electron chi connectivity index (χ4n) is 1.67. The topological polar surface area (TPSA) is 90.9 Å². The van der Waals surface area contributed by atoms with Gasteiger partial charge in [0.15, 0.2) is 5.82 Å². The highest BCUT2D eigenvalue weighted by Crippen LogP contribution is 2.30.